The van der Waals surface area contributed by atoms with Crippen LogP contribution < -0.4 is 16.3 Å². The highest BCUT2D eigenvalue weighted by molar-refractivity contribution is 5.96. The lowest BCUT2D eigenvalue weighted by molar-refractivity contribution is -0.256. The van der Waals surface area contributed by atoms with E-state index in [4.69, 9.17) is 29.8 Å². The van der Waals surface area contributed by atoms with Gasteiger partial charge < -0.3 is 29.4 Å². The molecule has 0 radical (unpaired) electrons. The summed E-state index contributed by atoms with van der Waals surface area (Å²) >= 11 is 0. The van der Waals surface area contributed by atoms with Crippen molar-refractivity contribution >= 4 is 17.5 Å². The van der Waals surface area contributed by atoms with Gasteiger partial charge in [-0.2, -0.15) is 0 Å². The quantitative estimate of drug-likeness (QED) is 0.0649. The van der Waals surface area contributed by atoms with E-state index in [1.54, 1.807) is 0 Å². The number of piperidine rings is 8. The molecule has 3 N–H and O–H groups in total. The minimum absolute atomic E-state index is 0.0503. The largest absolute Gasteiger partial charge is 0.354 e. The molecule has 0 spiro atoms. The molecule has 0 unspecified atom stereocenters. The summed E-state index contributed by atoms with van der Waals surface area (Å²) in [5.41, 5.74) is 10.1. The van der Waals surface area contributed by atoms with Gasteiger partial charge in [-0.05, 0) is 400 Å². The van der Waals surface area contributed by atoms with Gasteiger partial charge in [0.15, 0.2) is 17.5 Å². The number of hydrazone groups is 3. The second-order valence-corrected chi connectivity index (χ2v) is 53.3. The van der Waals surface area contributed by atoms with Crippen LogP contribution in [0.2, 0.25) is 0 Å². The molecule has 26 nitrogen and oxygen atoms in total. The van der Waals surface area contributed by atoms with E-state index >= 15 is 0 Å². The molecule has 0 saturated carbocycles. The van der Waals surface area contributed by atoms with Crippen molar-refractivity contribution in [1.82, 2.24) is 101 Å². The molecule has 131 heavy (non-hydrogen) atoms. The fourth-order valence-corrected chi connectivity index (χ4v) is 26.7. The lowest BCUT2D eigenvalue weighted by Crippen LogP contribution is -2.65. The zero-order valence-electron chi connectivity index (χ0n) is 92.5. The Kier molecular flexibility index (Phi) is 31.1. The van der Waals surface area contributed by atoms with Crippen LogP contribution >= 0.6 is 0 Å². The Balaban J connectivity index is 1.17. The van der Waals surface area contributed by atoms with E-state index in [0.29, 0.717) is 26.2 Å². The van der Waals surface area contributed by atoms with Gasteiger partial charge in [-0.25, -0.2) is 30.8 Å². The molecule has 0 atom stereocenters. The molecule has 0 amide bonds. The Bertz CT molecular complexity index is 3740. The summed E-state index contributed by atoms with van der Waals surface area (Å²) in [6.45, 7) is 90.1. The highest BCUT2D eigenvalue weighted by Gasteiger charge is 2.55. The van der Waals surface area contributed by atoms with Crippen LogP contribution in [0, 0.1) is 0 Å². The van der Waals surface area contributed by atoms with Crippen molar-refractivity contribution in [3.05, 3.63) is 35.7 Å². The number of hydrazine groups is 3. The molecule has 0 bridgehead atoms. The average molecular weight is 1830 g/mol. The molecule has 0 aromatic carbocycles. The molecule has 11 rings (SSSR count). The molecule has 0 aliphatic carbocycles. The summed E-state index contributed by atoms with van der Waals surface area (Å²) < 4.78 is 0. The van der Waals surface area contributed by atoms with Crippen LogP contribution in [0.1, 0.15) is 384 Å². The first-order valence-electron chi connectivity index (χ1n) is 52.0. The number of likely N-dealkylation sites (tertiary alicyclic amines) is 8. The van der Waals surface area contributed by atoms with Gasteiger partial charge >= 0.3 is 0 Å². The fourth-order valence-electron chi connectivity index (χ4n) is 26.7. The van der Waals surface area contributed by atoms with E-state index in [9.17, 15) is 0 Å². The van der Waals surface area contributed by atoms with Crippen LogP contribution in [0.25, 0.3) is 0 Å². The summed E-state index contributed by atoms with van der Waals surface area (Å²) in [5, 5.41) is 23.5. The number of rotatable bonds is 29. The first-order chi connectivity index (χ1) is 59.9. The summed E-state index contributed by atoms with van der Waals surface area (Å²) in [5.74, 6) is 5.82. The van der Waals surface area contributed by atoms with E-state index in [2.05, 4.69) is 402 Å². The Morgan fingerprint density at radius 1 is 0.244 bits per heavy atom. The number of unbranched alkanes of at least 4 members (excludes halogenated alkanes) is 3. The molecule has 0 aromatic heterocycles. The van der Waals surface area contributed by atoms with Gasteiger partial charge in [0.2, 0.25) is 0 Å². The van der Waals surface area contributed by atoms with Gasteiger partial charge in [-0.1, -0.05) is 55.9 Å². The SMILES string of the molecule is CCCCN(C1=CC(N(CCN(C2=NN(OC3CC(C)(C)N(C)C(C)(C)C3)NC(N(CCCC)C3CC(C)(C)N(C)C(C)(C)C3)=C2)C2CC(C)(C)N(C)C(C)(C)C2)CCN(C2=NN(OC3CC(C)(C)N(C)C(C)(C)C3)NC(N(CCCC)C3CC(C)(C)N(C)C(C)(C)C3)=C2)C2CC(C)(C)N(C)C(C)(C)C2)=NN(OC2CC(C)(C)N(C)C(C)(C)C2)N1)C1CC(C)(C)N(C)C(C)(C)C1. The van der Waals surface area contributed by atoms with E-state index in [1.165, 1.54) is 0 Å². The molecule has 8 fully saturated rings. The minimum Gasteiger partial charge on any atom is -0.354 e. The summed E-state index contributed by atoms with van der Waals surface area (Å²) in [7, 11) is 18.7. The molecule has 11 aliphatic rings. The smallest absolute Gasteiger partial charge is 0.157 e. The van der Waals surface area contributed by atoms with Gasteiger partial charge in [0.1, 0.15) is 17.5 Å². The molecular formula is C105H201N23O3. The number of hydrogen-bond acceptors (Lipinski definition) is 26. The maximum atomic E-state index is 7.69. The van der Waals surface area contributed by atoms with Crippen LogP contribution in [0.15, 0.2) is 51.0 Å². The van der Waals surface area contributed by atoms with E-state index in [0.717, 1.165) is 196 Å². The number of nitrogens with one attached hydrogen (secondary N) is 3. The normalized spacial score (nSPS) is 28.1. The van der Waals surface area contributed by atoms with E-state index < -0.39 is 0 Å². The average Bonchev–Trinajstić information content (AvgIpc) is 0.704. The zero-order valence-corrected chi connectivity index (χ0v) is 92.5. The van der Waals surface area contributed by atoms with Gasteiger partial charge in [0.25, 0.3) is 0 Å². The zero-order chi connectivity index (χ0) is 97.9. The van der Waals surface area contributed by atoms with Crippen LogP contribution in [0.5, 0.6) is 0 Å². The number of hydrogen-bond donors (Lipinski definition) is 3. The Hall–Kier alpha value is -4.61. The third kappa shape index (κ3) is 23.4. The molecule has 11 heterocycles. The predicted molar refractivity (Wildman–Crippen MR) is 546 cm³/mol. The summed E-state index contributed by atoms with van der Waals surface area (Å²) in [6.07, 6.45) is 28.0. The lowest BCUT2D eigenvalue weighted by atomic mass is 9.76. The predicted octanol–water partition coefficient (Wildman–Crippen LogP) is 18.1. The van der Waals surface area contributed by atoms with Crippen molar-refractivity contribution in [3.8, 4) is 0 Å². The van der Waals surface area contributed by atoms with Crippen molar-refractivity contribution in [2.24, 2.45) is 15.3 Å². The first-order valence-corrected chi connectivity index (χ1v) is 52.0. The topological polar surface area (TPSA) is 156 Å². The van der Waals surface area contributed by atoms with Gasteiger partial charge in [-0.15, -0.1) is 15.3 Å². The summed E-state index contributed by atoms with van der Waals surface area (Å²) in [6, 6.07) is 0.762. The first kappa shape index (κ1) is 107. The van der Waals surface area contributed by atoms with Crippen molar-refractivity contribution in [3.63, 3.8) is 0 Å². The number of nitrogens with zero attached hydrogens (tertiary/aromatic N) is 20. The van der Waals surface area contributed by atoms with Crippen LogP contribution in [0.4, 0.5) is 0 Å². The van der Waals surface area contributed by atoms with Gasteiger partial charge in [-0.3, -0.25) is 39.2 Å². The minimum atomic E-state index is -0.184. The van der Waals surface area contributed by atoms with Crippen LogP contribution in [-0.2, 0) is 14.5 Å². The molecule has 11 aliphatic heterocycles. The van der Waals surface area contributed by atoms with Crippen LogP contribution in [0.3, 0.4) is 0 Å². The molecule has 0 aromatic rings. The Labute approximate surface area is 802 Å². The second-order valence-electron chi connectivity index (χ2n) is 53.3. The molecule has 8 saturated heterocycles. The Morgan fingerprint density at radius 2 is 0.412 bits per heavy atom. The monoisotopic (exact) mass is 1830 g/mol. The highest BCUT2D eigenvalue weighted by Crippen LogP contribution is 2.49. The maximum Gasteiger partial charge on any atom is 0.157 e. The van der Waals surface area contributed by atoms with E-state index in [-0.39, 0.29) is 137 Å². The van der Waals surface area contributed by atoms with Crippen molar-refractivity contribution in [2.45, 2.75) is 521 Å². The molecule has 754 valence electrons. The van der Waals surface area contributed by atoms with Crippen LogP contribution in [-0.4, -0.2) is 341 Å². The third-order valence-electron chi connectivity index (χ3n) is 36.5. The van der Waals surface area contributed by atoms with Crippen molar-refractivity contribution in [2.75, 3.05) is 102 Å². The Morgan fingerprint density at radius 3 is 0.603 bits per heavy atom. The standard InChI is InChI=1S/C105H201N23O3/c1-44-47-50-121(76-60-90(4,5)112(36)91(6,7)61-76)85-57-84(106-126(107-85)129-81-70-100(24,25)117(41)101(26,27)71-81)120(53-55-124(79-66-96(16,17)115(39)97(18,19)67-79)88-58-86(108-127(110-88)130-82-72-102(28,29)118(42)103(30,31)73-82)122(51-48-45-2)77-62-92(8,9)113(37)93(10,11)63-77)54-56-125(80-68-98(20,21)116(40)99(22,23)69-80)89-59-87(109-128(111-89)131-83-74-104(32,33)119(43)105(34,35)75-83)123(52-49-46-3)78-64-94(12,13)114(38)95(14,15)65-78/h57-59,76-83,107-109H,44-56,60-75H2,1-43H3. The lowest BCUT2D eigenvalue weighted by Gasteiger charge is -2.57. The van der Waals surface area contributed by atoms with Gasteiger partial charge in [0.05, 0.1) is 18.3 Å². The van der Waals surface area contributed by atoms with E-state index in [1.807, 2.05) is 15.8 Å². The fraction of sp³-hybridized carbons (Fsp3) is 0.914. The molecule has 26 heteroatoms. The van der Waals surface area contributed by atoms with Crippen molar-refractivity contribution < 1.29 is 14.5 Å². The summed E-state index contributed by atoms with van der Waals surface area (Å²) in [4.78, 5) is 60.3. The molecular weight excluding hydrogens is 1630 g/mol. The van der Waals surface area contributed by atoms with Crippen molar-refractivity contribution in [1.29, 1.82) is 0 Å². The third-order valence-corrected chi connectivity index (χ3v) is 36.5. The number of amidine groups is 3. The van der Waals surface area contributed by atoms with Gasteiger partial charge in [0, 0.05) is 183 Å². The second kappa shape index (κ2) is 38.2. The highest BCUT2D eigenvalue weighted by atomic mass is 16.8. The maximum absolute atomic E-state index is 7.69.